The Morgan fingerprint density at radius 3 is 2.71 bits per heavy atom. The summed E-state index contributed by atoms with van der Waals surface area (Å²) in [5, 5.41) is 8.51. The Balaban J connectivity index is 1.26. The molecule has 1 aromatic rings. The molecule has 1 atom stereocenters. The largest absolute Gasteiger partial charge is 0.307 e. The molecule has 0 bridgehead atoms. The van der Waals surface area contributed by atoms with Gasteiger partial charge in [0, 0.05) is 37.9 Å². The number of likely N-dealkylation sites (tertiary alicyclic amines) is 1. The minimum Gasteiger partial charge on any atom is -0.307 e. The third-order valence-corrected chi connectivity index (χ3v) is 5.47. The molecule has 2 heterocycles. The van der Waals surface area contributed by atoms with E-state index >= 15 is 0 Å². The number of hydrogen-bond donors (Lipinski definition) is 1. The average Bonchev–Trinajstić information content (AvgIpc) is 3.09. The number of aromatic nitrogens is 2. The van der Waals surface area contributed by atoms with Crippen molar-refractivity contribution in [2.75, 3.05) is 13.1 Å². The first-order valence-corrected chi connectivity index (χ1v) is 8.90. The molecule has 21 heavy (non-hydrogen) atoms. The molecule has 3 fully saturated rings. The van der Waals surface area contributed by atoms with Gasteiger partial charge in [0.15, 0.2) is 0 Å². The van der Waals surface area contributed by atoms with E-state index in [2.05, 4.69) is 27.2 Å². The van der Waals surface area contributed by atoms with Gasteiger partial charge in [-0.05, 0) is 38.2 Å². The number of nitrogens with one attached hydrogen (secondary N) is 1. The van der Waals surface area contributed by atoms with Gasteiger partial charge in [-0.1, -0.05) is 19.3 Å². The van der Waals surface area contributed by atoms with E-state index in [4.69, 9.17) is 5.10 Å². The van der Waals surface area contributed by atoms with Gasteiger partial charge < -0.3 is 5.32 Å². The topological polar surface area (TPSA) is 33.1 Å². The zero-order chi connectivity index (χ0) is 14.1. The van der Waals surface area contributed by atoms with E-state index in [0.717, 1.165) is 12.6 Å². The van der Waals surface area contributed by atoms with Crippen LogP contribution >= 0.6 is 0 Å². The van der Waals surface area contributed by atoms with Crippen LogP contribution < -0.4 is 5.32 Å². The monoisotopic (exact) mass is 288 g/mol. The summed E-state index contributed by atoms with van der Waals surface area (Å²) >= 11 is 0. The molecule has 2 saturated carbocycles. The summed E-state index contributed by atoms with van der Waals surface area (Å²) in [7, 11) is 0. The number of nitrogens with zero attached hydrogens (tertiary/aromatic N) is 3. The highest BCUT2D eigenvalue weighted by Crippen LogP contribution is 2.30. The molecule has 1 saturated heterocycles. The zero-order valence-electron chi connectivity index (χ0n) is 13.0. The van der Waals surface area contributed by atoms with Crippen LogP contribution in [0.25, 0.3) is 0 Å². The maximum atomic E-state index is 4.80. The Kier molecular flexibility index (Phi) is 3.99. The highest BCUT2D eigenvalue weighted by atomic mass is 15.3. The quantitative estimate of drug-likeness (QED) is 0.904. The molecule has 1 aromatic heterocycles. The molecular formula is C17H28N4. The third kappa shape index (κ3) is 3.32. The fourth-order valence-electron chi connectivity index (χ4n) is 3.99. The van der Waals surface area contributed by atoms with Crippen molar-refractivity contribution < 1.29 is 0 Å². The lowest BCUT2D eigenvalue weighted by molar-refractivity contribution is 0.316. The minimum atomic E-state index is 0.657. The predicted molar refractivity (Wildman–Crippen MR) is 84.2 cm³/mol. The summed E-state index contributed by atoms with van der Waals surface area (Å²) < 4.78 is 2.22. The maximum Gasteiger partial charge on any atom is 0.0762 e. The second-order valence-electron chi connectivity index (χ2n) is 7.17. The summed E-state index contributed by atoms with van der Waals surface area (Å²) in [6, 6.07) is 4.45. The van der Waals surface area contributed by atoms with Crippen LogP contribution in [0.3, 0.4) is 0 Å². The van der Waals surface area contributed by atoms with Crippen molar-refractivity contribution in [3.63, 3.8) is 0 Å². The average molecular weight is 288 g/mol. The first-order valence-electron chi connectivity index (χ1n) is 8.90. The molecule has 4 nitrogen and oxygen atoms in total. The smallest absolute Gasteiger partial charge is 0.0762 e. The zero-order valence-corrected chi connectivity index (χ0v) is 13.0. The number of hydrogen-bond acceptors (Lipinski definition) is 3. The highest BCUT2D eigenvalue weighted by Gasteiger charge is 2.34. The van der Waals surface area contributed by atoms with Gasteiger partial charge >= 0.3 is 0 Å². The van der Waals surface area contributed by atoms with E-state index in [1.54, 1.807) is 0 Å². The van der Waals surface area contributed by atoms with Crippen LogP contribution in [0.15, 0.2) is 12.3 Å². The van der Waals surface area contributed by atoms with Crippen molar-refractivity contribution >= 4 is 0 Å². The highest BCUT2D eigenvalue weighted by molar-refractivity contribution is 5.01. The van der Waals surface area contributed by atoms with Crippen LogP contribution in [0.2, 0.25) is 0 Å². The molecule has 0 amide bonds. The molecule has 1 aliphatic heterocycles. The van der Waals surface area contributed by atoms with Gasteiger partial charge in [0.05, 0.1) is 11.7 Å². The molecule has 4 heteroatoms. The SMILES string of the molecule is c1cn(C2CCCCC2)nc1CNC1CCN(C2CC2)C1. The Morgan fingerprint density at radius 2 is 1.90 bits per heavy atom. The molecular weight excluding hydrogens is 260 g/mol. The van der Waals surface area contributed by atoms with Crippen LogP contribution in [0.1, 0.15) is 63.1 Å². The van der Waals surface area contributed by atoms with Crippen LogP contribution in [0, 0.1) is 0 Å². The van der Waals surface area contributed by atoms with Crippen LogP contribution in [-0.2, 0) is 6.54 Å². The van der Waals surface area contributed by atoms with E-state index in [-0.39, 0.29) is 0 Å². The second-order valence-corrected chi connectivity index (χ2v) is 7.17. The Labute approximate surface area is 127 Å². The first kappa shape index (κ1) is 13.8. The molecule has 3 aliphatic rings. The second kappa shape index (κ2) is 6.09. The predicted octanol–water partition coefficient (Wildman–Crippen LogP) is 2.71. The van der Waals surface area contributed by atoms with Gasteiger partial charge in [0.25, 0.3) is 0 Å². The van der Waals surface area contributed by atoms with Gasteiger partial charge in [-0.25, -0.2) is 0 Å². The molecule has 1 unspecified atom stereocenters. The summed E-state index contributed by atoms with van der Waals surface area (Å²) in [4.78, 5) is 2.66. The first-order chi connectivity index (χ1) is 10.4. The molecule has 116 valence electrons. The minimum absolute atomic E-state index is 0.657. The van der Waals surface area contributed by atoms with Crippen LogP contribution in [0.4, 0.5) is 0 Å². The summed E-state index contributed by atoms with van der Waals surface area (Å²) in [5.41, 5.74) is 1.21. The molecule has 2 aliphatic carbocycles. The van der Waals surface area contributed by atoms with E-state index in [0.29, 0.717) is 12.1 Å². The normalized spacial score (nSPS) is 28.3. The lowest BCUT2D eigenvalue weighted by atomic mass is 9.96. The summed E-state index contributed by atoms with van der Waals surface area (Å²) in [5.74, 6) is 0. The molecule has 1 N–H and O–H groups in total. The Bertz CT molecular complexity index is 459. The Morgan fingerprint density at radius 1 is 1.05 bits per heavy atom. The standard InChI is InChI=1S/C17H28N4/c1-2-4-17(5-3-1)21-11-9-14(19-21)12-18-15-8-10-20(13-15)16-6-7-16/h9,11,15-18H,1-8,10,12-13H2. The number of rotatable bonds is 5. The Hall–Kier alpha value is -0.870. The van der Waals surface area contributed by atoms with E-state index < -0.39 is 0 Å². The fourth-order valence-corrected chi connectivity index (χ4v) is 3.99. The van der Waals surface area contributed by atoms with Gasteiger partial charge in [-0.15, -0.1) is 0 Å². The van der Waals surface area contributed by atoms with Crippen molar-refractivity contribution in [1.29, 1.82) is 0 Å². The fraction of sp³-hybridized carbons (Fsp3) is 0.824. The van der Waals surface area contributed by atoms with Crippen LogP contribution in [0.5, 0.6) is 0 Å². The van der Waals surface area contributed by atoms with E-state index in [9.17, 15) is 0 Å². The van der Waals surface area contributed by atoms with E-state index in [1.807, 2.05) is 0 Å². The van der Waals surface area contributed by atoms with Crippen molar-refractivity contribution in [2.45, 2.75) is 76.0 Å². The van der Waals surface area contributed by atoms with E-state index in [1.165, 1.54) is 70.2 Å². The van der Waals surface area contributed by atoms with Gasteiger partial charge in [0.2, 0.25) is 0 Å². The van der Waals surface area contributed by atoms with Crippen molar-refractivity contribution in [1.82, 2.24) is 20.0 Å². The summed E-state index contributed by atoms with van der Waals surface area (Å²) in [6.45, 7) is 3.47. The molecule has 4 rings (SSSR count). The lowest BCUT2D eigenvalue weighted by Gasteiger charge is -2.21. The van der Waals surface area contributed by atoms with Crippen molar-refractivity contribution in [3.05, 3.63) is 18.0 Å². The van der Waals surface area contributed by atoms with Gasteiger partial charge in [0.1, 0.15) is 0 Å². The molecule has 0 aromatic carbocycles. The maximum absolute atomic E-state index is 4.80. The van der Waals surface area contributed by atoms with Gasteiger partial charge in [-0.3, -0.25) is 9.58 Å². The molecule has 0 spiro atoms. The molecule has 0 radical (unpaired) electrons. The lowest BCUT2D eigenvalue weighted by Crippen LogP contribution is -2.33. The van der Waals surface area contributed by atoms with Gasteiger partial charge in [-0.2, -0.15) is 5.10 Å². The van der Waals surface area contributed by atoms with Crippen molar-refractivity contribution in [2.24, 2.45) is 0 Å². The summed E-state index contributed by atoms with van der Waals surface area (Å²) in [6.07, 6.45) is 13.1. The van der Waals surface area contributed by atoms with Crippen molar-refractivity contribution in [3.8, 4) is 0 Å². The van der Waals surface area contributed by atoms with Crippen LogP contribution in [-0.4, -0.2) is 39.9 Å². The third-order valence-electron chi connectivity index (χ3n) is 5.47.